The molecular formula is C12H19N5O3. The van der Waals surface area contributed by atoms with Crippen LogP contribution in [0, 0.1) is 16.0 Å². The molecule has 1 aromatic heterocycles. The highest BCUT2D eigenvalue weighted by Gasteiger charge is 2.37. The second-order valence-electron chi connectivity index (χ2n) is 5.48. The van der Waals surface area contributed by atoms with Crippen LogP contribution in [0.2, 0.25) is 0 Å². The Hall–Kier alpha value is -1.96. The van der Waals surface area contributed by atoms with Gasteiger partial charge in [0.1, 0.15) is 6.33 Å². The Bertz CT molecular complexity index is 510. The van der Waals surface area contributed by atoms with Gasteiger partial charge in [-0.3, -0.25) is 10.1 Å². The van der Waals surface area contributed by atoms with E-state index in [9.17, 15) is 15.2 Å². The number of nitro groups is 1. The van der Waals surface area contributed by atoms with Gasteiger partial charge in [0, 0.05) is 0 Å². The molecule has 0 radical (unpaired) electrons. The summed E-state index contributed by atoms with van der Waals surface area (Å²) >= 11 is 0. The summed E-state index contributed by atoms with van der Waals surface area (Å²) in [5.74, 6) is 0.344. The van der Waals surface area contributed by atoms with Crippen molar-refractivity contribution in [3.8, 4) is 0 Å². The molecule has 0 aliphatic heterocycles. The van der Waals surface area contributed by atoms with Crippen LogP contribution in [-0.4, -0.2) is 32.1 Å². The van der Waals surface area contributed by atoms with Gasteiger partial charge >= 0.3 is 5.69 Å². The highest BCUT2D eigenvalue weighted by Crippen LogP contribution is 2.37. The molecule has 1 heterocycles. The zero-order valence-corrected chi connectivity index (χ0v) is 11.4. The average molecular weight is 281 g/mol. The van der Waals surface area contributed by atoms with E-state index in [1.54, 1.807) is 0 Å². The van der Waals surface area contributed by atoms with Crippen molar-refractivity contribution in [2.45, 2.75) is 38.1 Å². The predicted octanol–water partition coefficient (Wildman–Crippen LogP) is 1.32. The van der Waals surface area contributed by atoms with Crippen molar-refractivity contribution < 1.29 is 10.0 Å². The molecule has 0 bridgehead atoms. The molecular weight excluding hydrogens is 262 g/mol. The Balaban J connectivity index is 2.32. The van der Waals surface area contributed by atoms with Gasteiger partial charge in [-0.2, -0.15) is 0 Å². The van der Waals surface area contributed by atoms with Crippen LogP contribution in [0.4, 0.5) is 17.3 Å². The number of nitrogens with one attached hydrogen (secondary N) is 1. The van der Waals surface area contributed by atoms with E-state index < -0.39 is 10.5 Å². The van der Waals surface area contributed by atoms with Gasteiger partial charge in [0.2, 0.25) is 11.6 Å². The molecule has 1 fully saturated rings. The van der Waals surface area contributed by atoms with Crippen LogP contribution in [0.3, 0.4) is 0 Å². The van der Waals surface area contributed by atoms with E-state index in [0.29, 0.717) is 5.92 Å². The molecule has 2 unspecified atom stereocenters. The number of hydrogen-bond acceptors (Lipinski definition) is 7. The van der Waals surface area contributed by atoms with Crippen LogP contribution in [0.1, 0.15) is 32.6 Å². The number of nitrogens with zero attached hydrogens (tertiary/aromatic N) is 3. The van der Waals surface area contributed by atoms with E-state index in [-0.39, 0.29) is 23.9 Å². The van der Waals surface area contributed by atoms with Gasteiger partial charge in [0.15, 0.2) is 0 Å². The third kappa shape index (κ3) is 2.79. The van der Waals surface area contributed by atoms with Crippen molar-refractivity contribution in [2.75, 3.05) is 17.7 Å². The molecule has 1 saturated carbocycles. The molecule has 1 aliphatic carbocycles. The lowest BCUT2D eigenvalue weighted by atomic mass is 9.77. The summed E-state index contributed by atoms with van der Waals surface area (Å²) in [4.78, 5) is 18.0. The van der Waals surface area contributed by atoms with Crippen molar-refractivity contribution in [1.82, 2.24) is 9.97 Å². The first kappa shape index (κ1) is 14.4. The zero-order chi connectivity index (χ0) is 14.8. The summed E-state index contributed by atoms with van der Waals surface area (Å²) in [5.41, 5.74) is 4.63. The lowest BCUT2D eigenvalue weighted by Crippen LogP contribution is -2.46. The molecule has 1 aliphatic rings. The number of aliphatic hydroxyl groups excluding tert-OH is 1. The number of nitrogens with two attached hydrogens (primary N) is 1. The van der Waals surface area contributed by atoms with Gasteiger partial charge in [0.05, 0.1) is 17.1 Å². The molecule has 2 rings (SSSR count). The lowest BCUT2D eigenvalue weighted by molar-refractivity contribution is -0.383. The van der Waals surface area contributed by atoms with Gasteiger partial charge in [-0.15, -0.1) is 0 Å². The fraction of sp³-hybridized carbons (Fsp3) is 0.667. The Kier molecular flexibility index (Phi) is 4.03. The summed E-state index contributed by atoms with van der Waals surface area (Å²) in [6.45, 7) is 2.01. The van der Waals surface area contributed by atoms with Crippen molar-refractivity contribution in [3.05, 3.63) is 16.4 Å². The molecule has 0 spiro atoms. The van der Waals surface area contributed by atoms with Crippen LogP contribution >= 0.6 is 0 Å². The fourth-order valence-electron chi connectivity index (χ4n) is 2.87. The molecule has 0 saturated heterocycles. The highest BCUT2D eigenvalue weighted by molar-refractivity contribution is 5.67. The van der Waals surface area contributed by atoms with Crippen molar-refractivity contribution >= 4 is 17.3 Å². The van der Waals surface area contributed by atoms with Crippen LogP contribution < -0.4 is 11.1 Å². The summed E-state index contributed by atoms with van der Waals surface area (Å²) in [7, 11) is 0. The standard InChI is InChI=1S/C12H19N5O3/c1-8-3-2-4-12(5-8,6-18)16-11-9(17(19)20)10(13)14-7-15-11/h7-8,18H,2-6H2,1H3,(H3,13,14,15,16). The van der Waals surface area contributed by atoms with E-state index in [0.717, 1.165) is 25.7 Å². The zero-order valence-electron chi connectivity index (χ0n) is 11.4. The first-order valence-electron chi connectivity index (χ1n) is 6.61. The van der Waals surface area contributed by atoms with Crippen LogP contribution in [0.5, 0.6) is 0 Å². The highest BCUT2D eigenvalue weighted by atomic mass is 16.6. The van der Waals surface area contributed by atoms with Gasteiger partial charge in [-0.25, -0.2) is 9.97 Å². The molecule has 2 atom stereocenters. The van der Waals surface area contributed by atoms with E-state index in [1.165, 1.54) is 6.33 Å². The maximum atomic E-state index is 11.1. The minimum atomic E-state index is -0.602. The smallest absolute Gasteiger partial charge is 0.353 e. The summed E-state index contributed by atoms with van der Waals surface area (Å²) in [6, 6.07) is 0. The van der Waals surface area contributed by atoms with E-state index in [2.05, 4.69) is 22.2 Å². The molecule has 4 N–H and O–H groups in total. The van der Waals surface area contributed by atoms with Gasteiger partial charge in [-0.05, 0) is 18.8 Å². The average Bonchev–Trinajstić information content (AvgIpc) is 2.38. The second kappa shape index (κ2) is 5.58. The second-order valence-corrected chi connectivity index (χ2v) is 5.48. The molecule has 110 valence electrons. The molecule has 8 nitrogen and oxygen atoms in total. The number of aliphatic hydroxyl groups is 1. The number of anilines is 2. The number of aromatic nitrogens is 2. The van der Waals surface area contributed by atoms with Crippen molar-refractivity contribution in [2.24, 2.45) is 5.92 Å². The SMILES string of the molecule is CC1CCCC(CO)(Nc2ncnc(N)c2[N+](=O)[O-])C1. The minimum absolute atomic E-state index is 0.0747. The van der Waals surface area contributed by atoms with Crippen LogP contribution in [-0.2, 0) is 0 Å². The lowest BCUT2D eigenvalue weighted by Gasteiger charge is -2.39. The number of hydrogen-bond donors (Lipinski definition) is 3. The van der Waals surface area contributed by atoms with Gasteiger partial charge in [-0.1, -0.05) is 19.8 Å². The van der Waals surface area contributed by atoms with Crippen LogP contribution in [0.15, 0.2) is 6.33 Å². The minimum Gasteiger partial charge on any atom is -0.394 e. The molecule has 1 aromatic rings. The normalized spacial score (nSPS) is 26.2. The Morgan fingerprint density at radius 1 is 1.65 bits per heavy atom. The van der Waals surface area contributed by atoms with Gasteiger partial charge < -0.3 is 16.2 Å². The number of nitrogen functional groups attached to an aromatic ring is 1. The Morgan fingerprint density at radius 2 is 2.40 bits per heavy atom. The molecule has 8 heteroatoms. The van der Waals surface area contributed by atoms with Crippen LogP contribution in [0.25, 0.3) is 0 Å². The quantitative estimate of drug-likeness (QED) is 0.561. The van der Waals surface area contributed by atoms with E-state index in [4.69, 9.17) is 5.73 Å². The first-order valence-corrected chi connectivity index (χ1v) is 6.61. The third-order valence-corrected chi connectivity index (χ3v) is 3.81. The molecule has 20 heavy (non-hydrogen) atoms. The van der Waals surface area contributed by atoms with Gasteiger partial charge in [0.25, 0.3) is 0 Å². The van der Waals surface area contributed by atoms with Crippen molar-refractivity contribution in [3.63, 3.8) is 0 Å². The first-order chi connectivity index (χ1) is 9.47. The monoisotopic (exact) mass is 281 g/mol. The Labute approximate surface area is 116 Å². The molecule has 0 amide bonds. The number of rotatable bonds is 4. The summed E-state index contributed by atoms with van der Waals surface area (Å²) in [5, 5.41) is 23.8. The maximum Gasteiger partial charge on any atom is 0.353 e. The third-order valence-electron chi connectivity index (χ3n) is 3.81. The maximum absolute atomic E-state index is 11.1. The Morgan fingerprint density at radius 3 is 3.00 bits per heavy atom. The summed E-state index contributed by atoms with van der Waals surface area (Å²) in [6.07, 6.45) is 4.72. The largest absolute Gasteiger partial charge is 0.394 e. The predicted molar refractivity (Wildman–Crippen MR) is 74.2 cm³/mol. The fourth-order valence-corrected chi connectivity index (χ4v) is 2.87. The van der Waals surface area contributed by atoms with E-state index >= 15 is 0 Å². The van der Waals surface area contributed by atoms with Crippen molar-refractivity contribution in [1.29, 1.82) is 0 Å². The molecule has 0 aromatic carbocycles. The summed E-state index contributed by atoms with van der Waals surface area (Å²) < 4.78 is 0. The van der Waals surface area contributed by atoms with E-state index in [1.807, 2.05) is 0 Å². The topological polar surface area (TPSA) is 127 Å².